The Labute approximate surface area is 204 Å². The molecule has 0 aliphatic carbocycles. The maximum Gasteiger partial charge on any atom is 0.275 e. The molecule has 176 valence electrons. The highest BCUT2D eigenvalue weighted by atomic mass is 32.1. The highest BCUT2D eigenvalue weighted by Crippen LogP contribution is 2.32. The van der Waals surface area contributed by atoms with E-state index in [-0.39, 0.29) is 11.5 Å². The number of aryl methyl sites for hydroxylation is 2. The van der Waals surface area contributed by atoms with Crippen LogP contribution in [0.15, 0.2) is 59.7 Å². The molecule has 3 aromatic heterocycles. The van der Waals surface area contributed by atoms with Crippen LogP contribution in [-0.2, 0) is 0 Å². The first-order chi connectivity index (χ1) is 16.9. The van der Waals surface area contributed by atoms with Crippen molar-refractivity contribution in [2.45, 2.75) is 13.8 Å². The van der Waals surface area contributed by atoms with Gasteiger partial charge in [0.1, 0.15) is 15.9 Å². The van der Waals surface area contributed by atoms with Crippen LogP contribution in [0, 0.1) is 13.8 Å². The highest BCUT2D eigenvalue weighted by Gasteiger charge is 2.16. The predicted molar refractivity (Wildman–Crippen MR) is 137 cm³/mol. The summed E-state index contributed by atoms with van der Waals surface area (Å²) >= 11 is 1.35. The number of amides is 1. The molecule has 0 fully saturated rings. The summed E-state index contributed by atoms with van der Waals surface area (Å²) < 4.78 is 12.5. The number of ether oxygens (including phenoxy) is 2. The SMILES string of the molecule is COc1ccc(NC(=O)c2ccc(-n3cnc4c(sc5nc(C)cc(C)c54)c3=O)cc2)cc1OC. The van der Waals surface area contributed by atoms with Crippen LogP contribution >= 0.6 is 11.3 Å². The summed E-state index contributed by atoms with van der Waals surface area (Å²) in [5.74, 6) is 0.807. The number of anilines is 1. The van der Waals surface area contributed by atoms with Crippen LogP contribution in [0.5, 0.6) is 11.5 Å². The minimum Gasteiger partial charge on any atom is -0.493 e. The lowest BCUT2D eigenvalue weighted by molar-refractivity contribution is 0.102. The van der Waals surface area contributed by atoms with Gasteiger partial charge in [0.05, 0.1) is 25.4 Å². The Morgan fingerprint density at radius 3 is 2.46 bits per heavy atom. The molecule has 1 N–H and O–H groups in total. The van der Waals surface area contributed by atoms with Crippen molar-refractivity contribution in [1.29, 1.82) is 0 Å². The van der Waals surface area contributed by atoms with Gasteiger partial charge in [-0.15, -0.1) is 11.3 Å². The standard InChI is InChI=1S/C26H22N4O4S/c1-14-11-15(2)28-25-21(14)22-23(35-25)26(32)30(13-27-22)18-8-5-16(6-9-18)24(31)29-17-7-10-19(33-3)20(12-17)34-4/h5-13H,1-4H3,(H,29,31). The average Bonchev–Trinajstić information content (AvgIpc) is 3.24. The number of carbonyl (C=O) groups excluding carboxylic acids is 1. The number of hydrogen-bond donors (Lipinski definition) is 1. The number of hydrogen-bond acceptors (Lipinski definition) is 7. The Bertz CT molecular complexity index is 1650. The van der Waals surface area contributed by atoms with Crippen molar-refractivity contribution < 1.29 is 14.3 Å². The second kappa shape index (κ2) is 8.84. The molecule has 35 heavy (non-hydrogen) atoms. The van der Waals surface area contributed by atoms with Crippen LogP contribution in [0.25, 0.3) is 26.1 Å². The van der Waals surface area contributed by atoms with Gasteiger partial charge in [-0.3, -0.25) is 14.2 Å². The molecule has 8 nitrogen and oxygen atoms in total. The molecule has 0 aliphatic rings. The van der Waals surface area contributed by atoms with Crippen molar-refractivity contribution in [3.63, 3.8) is 0 Å². The van der Waals surface area contributed by atoms with Gasteiger partial charge in [0.2, 0.25) is 0 Å². The van der Waals surface area contributed by atoms with Crippen molar-refractivity contribution in [2.24, 2.45) is 0 Å². The van der Waals surface area contributed by atoms with Gasteiger partial charge < -0.3 is 14.8 Å². The summed E-state index contributed by atoms with van der Waals surface area (Å²) in [6.45, 7) is 3.94. The number of rotatable bonds is 5. The van der Waals surface area contributed by atoms with Crippen molar-refractivity contribution in [3.8, 4) is 17.2 Å². The summed E-state index contributed by atoms with van der Waals surface area (Å²) in [7, 11) is 3.09. The minimum absolute atomic E-state index is 0.169. The van der Waals surface area contributed by atoms with Gasteiger partial charge in [0.25, 0.3) is 11.5 Å². The van der Waals surface area contributed by atoms with E-state index in [1.165, 1.54) is 29.3 Å². The summed E-state index contributed by atoms with van der Waals surface area (Å²) in [4.78, 5) is 36.0. The van der Waals surface area contributed by atoms with Crippen LogP contribution in [0.4, 0.5) is 5.69 Å². The van der Waals surface area contributed by atoms with E-state index in [0.29, 0.717) is 38.7 Å². The summed E-state index contributed by atoms with van der Waals surface area (Å²) in [5, 5.41) is 3.76. The number of benzene rings is 2. The largest absolute Gasteiger partial charge is 0.493 e. The fourth-order valence-electron chi connectivity index (χ4n) is 4.04. The lowest BCUT2D eigenvalue weighted by atomic mass is 10.1. The fourth-order valence-corrected chi connectivity index (χ4v) is 5.22. The van der Waals surface area contributed by atoms with Crippen LogP contribution in [-0.4, -0.2) is 34.7 Å². The normalized spacial score (nSPS) is 11.1. The molecule has 1 amide bonds. The van der Waals surface area contributed by atoms with E-state index in [0.717, 1.165) is 21.5 Å². The average molecular weight is 487 g/mol. The van der Waals surface area contributed by atoms with Gasteiger partial charge in [-0.05, 0) is 61.9 Å². The molecule has 0 atom stereocenters. The zero-order chi connectivity index (χ0) is 24.7. The van der Waals surface area contributed by atoms with Crippen LogP contribution in [0.2, 0.25) is 0 Å². The summed E-state index contributed by atoms with van der Waals surface area (Å²) in [5.41, 5.74) is 4.09. The molecular formula is C26H22N4O4S. The fraction of sp³-hybridized carbons (Fsp3) is 0.154. The number of nitrogens with zero attached hydrogens (tertiary/aromatic N) is 3. The van der Waals surface area contributed by atoms with Crippen molar-refractivity contribution >= 4 is 43.4 Å². The lowest BCUT2D eigenvalue weighted by Crippen LogP contribution is -2.18. The molecule has 0 saturated heterocycles. The van der Waals surface area contributed by atoms with Crippen LogP contribution in [0.3, 0.4) is 0 Å². The van der Waals surface area contributed by atoms with Crippen LogP contribution < -0.4 is 20.3 Å². The molecule has 0 unspecified atom stereocenters. The molecule has 0 spiro atoms. The van der Waals surface area contributed by atoms with E-state index >= 15 is 0 Å². The Kier molecular flexibility index (Phi) is 5.70. The molecule has 0 bridgehead atoms. The number of carbonyl (C=O) groups is 1. The molecule has 0 aliphatic heterocycles. The smallest absolute Gasteiger partial charge is 0.275 e. The Hall–Kier alpha value is -4.24. The molecular weight excluding hydrogens is 464 g/mol. The van der Waals surface area contributed by atoms with E-state index in [1.807, 2.05) is 19.9 Å². The zero-order valence-corrected chi connectivity index (χ0v) is 20.4. The van der Waals surface area contributed by atoms with Gasteiger partial charge in [-0.1, -0.05) is 0 Å². The predicted octanol–water partition coefficient (Wildman–Crippen LogP) is 4.88. The number of pyridine rings is 1. The van der Waals surface area contributed by atoms with E-state index in [4.69, 9.17) is 9.47 Å². The first-order valence-corrected chi connectivity index (χ1v) is 11.6. The zero-order valence-electron chi connectivity index (χ0n) is 19.6. The van der Waals surface area contributed by atoms with Gasteiger partial charge in [-0.2, -0.15) is 0 Å². The number of thiophene rings is 1. The number of fused-ring (bicyclic) bond motifs is 3. The Balaban J connectivity index is 1.44. The molecule has 0 saturated carbocycles. The second-order valence-electron chi connectivity index (χ2n) is 8.03. The Morgan fingerprint density at radius 1 is 1.00 bits per heavy atom. The first-order valence-electron chi connectivity index (χ1n) is 10.8. The number of aromatic nitrogens is 3. The van der Waals surface area contributed by atoms with Crippen molar-refractivity contribution in [1.82, 2.24) is 14.5 Å². The molecule has 9 heteroatoms. The second-order valence-corrected chi connectivity index (χ2v) is 9.03. The van der Waals surface area contributed by atoms with E-state index in [1.54, 1.807) is 49.6 Å². The van der Waals surface area contributed by atoms with Gasteiger partial charge in [0.15, 0.2) is 11.5 Å². The molecule has 5 rings (SSSR count). The summed E-state index contributed by atoms with van der Waals surface area (Å²) in [6.07, 6.45) is 1.52. The quantitative estimate of drug-likeness (QED) is 0.380. The highest BCUT2D eigenvalue weighted by molar-refractivity contribution is 7.25. The first kappa shape index (κ1) is 22.5. The molecule has 2 aromatic carbocycles. The third-order valence-electron chi connectivity index (χ3n) is 5.73. The van der Waals surface area contributed by atoms with Gasteiger partial charge >= 0.3 is 0 Å². The van der Waals surface area contributed by atoms with Crippen molar-refractivity contribution in [2.75, 3.05) is 19.5 Å². The number of nitrogens with one attached hydrogen (secondary N) is 1. The van der Waals surface area contributed by atoms with Crippen molar-refractivity contribution in [3.05, 3.63) is 82.0 Å². The maximum atomic E-state index is 13.3. The summed E-state index contributed by atoms with van der Waals surface area (Å²) in [6, 6.07) is 13.9. The third kappa shape index (κ3) is 4.00. The van der Waals surface area contributed by atoms with E-state index < -0.39 is 0 Å². The van der Waals surface area contributed by atoms with Crippen LogP contribution in [0.1, 0.15) is 21.6 Å². The minimum atomic E-state index is -0.286. The topological polar surface area (TPSA) is 95.3 Å². The third-order valence-corrected chi connectivity index (χ3v) is 6.79. The maximum absolute atomic E-state index is 13.3. The van der Waals surface area contributed by atoms with Gasteiger partial charge in [-0.25, -0.2) is 9.97 Å². The monoisotopic (exact) mass is 486 g/mol. The van der Waals surface area contributed by atoms with Gasteiger partial charge in [0, 0.05) is 28.4 Å². The lowest BCUT2D eigenvalue weighted by Gasteiger charge is -2.11. The van der Waals surface area contributed by atoms with E-state index in [2.05, 4.69) is 15.3 Å². The number of methoxy groups -OCH3 is 2. The van der Waals surface area contributed by atoms with E-state index in [9.17, 15) is 9.59 Å². The molecule has 5 aromatic rings. The molecule has 0 radical (unpaired) electrons. The Morgan fingerprint density at radius 2 is 1.74 bits per heavy atom. The molecule has 3 heterocycles.